The predicted octanol–water partition coefficient (Wildman–Crippen LogP) is 5.17. The van der Waals surface area contributed by atoms with Crippen molar-refractivity contribution in [3.8, 4) is 29.6 Å². The number of terminal acetylenes is 1. The van der Waals surface area contributed by atoms with E-state index in [9.17, 15) is 24.0 Å². The summed E-state index contributed by atoms with van der Waals surface area (Å²) >= 11 is 0. The Morgan fingerprint density at radius 1 is 1.01 bits per heavy atom. The van der Waals surface area contributed by atoms with Crippen molar-refractivity contribution in [1.29, 1.82) is 0 Å². The molecule has 3 aromatic carbocycles. The van der Waals surface area contributed by atoms with Gasteiger partial charge in [-0.2, -0.15) is 9.97 Å². The number of amides is 5. The fourth-order valence-electron chi connectivity index (χ4n) is 11.5. The van der Waals surface area contributed by atoms with Crippen LogP contribution in [-0.4, -0.2) is 142 Å². The van der Waals surface area contributed by atoms with Crippen LogP contribution < -0.4 is 25.6 Å². The number of nitrogens with one attached hydrogen (secondary N) is 3. The summed E-state index contributed by atoms with van der Waals surface area (Å²) in [5.74, 6) is -0.727. The van der Waals surface area contributed by atoms with Gasteiger partial charge in [0.2, 0.25) is 11.8 Å². The molecule has 19 heteroatoms. The maximum atomic E-state index is 17.2. The van der Waals surface area contributed by atoms with E-state index in [1.165, 1.54) is 17.0 Å². The Kier molecular flexibility index (Phi) is 11.6. The quantitative estimate of drug-likeness (QED) is 0.0844. The van der Waals surface area contributed by atoms with Crippen LogP contribution in [0.5, 0.6) is 6.01 Å². The van der Waals surface area contributed by atoms with Gasteiger partial charge in [-0.15, -0.1) is 6.42 Å². The number of carbonyl (C=O) groups is 5. The first-order valence-electron chi connectivity index (χ1n) is 23.9. The molecule has 71 heavy (non-hydrogen) atoms. The lowest BCUT2D eigenvalue weighted by molar-refractivity contribution is -0.136. The van der Waals surface area contributed by atoms with Crippen molar-refractivity contribution < 1.29 is 42.2 Å². The van der Waals surface area contributed by atoms with Gasteiger partial charge in [0, 0.05) is 87.2 Å². The highest BCUT2D eigenvalue weighted by Crippen LogP contribution is 2.45. The Morgan fingerprint density at radius 3 is 2.59 bits per heavy atom. The van der Waals surface area contributed by atoms with E-state index in [2.05, 4.69) is 43.2 Å². The number of ether oxygens (including phenoxy) is 2. The zero-order chi connectivity index (χ0) is 49.3. The third kappa shape index (κ3) is 8.04. The molecule has 6 aliphatic heterocycles. The SMILES string of the molecule is C#Cc1c(F)ccc2cccc(-c3ncc4c(N5C[C@H]6CC[C@@H](C5)N6)nc(OC[C@@]56CC[C@@H](COC(=O)N(C)CCNc7cccc8c7C(=O)N(C7CCC(=O)NC7=O)C8=O)N5CC(=C)C6)nc4c3F)c12. The van der Waals surface area contributed by atoms with Crippen LogP contribution in [0.3, 0.4) is 0 Å². The second kappa shape index (κ2) is 18.0. The number of benzene rings is 3. The van der Waals surface area contributed by atoms with Gasteiger partial charge in [-0.25, -0.2) is 13.6 Å². The predicted molar refractivity (Wildman–Crippen MR) is 258 cm³/mol. The van der Waals surface area contributed by atoms with Crippen LogP contribution in [0.25, 0.3) is 32.9 Å². The number of pyridine rings is 1. The smallest absolute Gasteiger partial charge is 0.409 e. The third-order valence-electron chi connectivity index (χ3n) is 14.9. The van der Waals surface area contributed by atoms with Crippen molar-refractivity contribution in [1.82, 2.24) is 40.3 Å². The van der Waals surface area contributed by atoms with E-state index in [1.54, 1.807) is 49.6 Å². The maximum absolute atomic E-state index is 17.2. The van der Waals surface area contributed by atoms with Crippen molar-refractivity contribution in [3.63, 3.8) is 0 Å². The first kappa shape index (κ1) is 45.9. The van der Waals surface area contributed by atoms with Crippen LogP contribution in [0.4, 0.5) is 25.1 Å². The van der Waals surface area contributed by atoms with Crippen LogP contribution in [0.15, 0.2) is 66.9 Å². The summed E-state index contributed by atoms with van der Waals surface area (Å²) in [4.78, 5) is 85.5. The average molecular weight is 965 g/mol. The number of likely N-dealkylation sites (N-methyl/N-ethyl adjacent to an activating group) is 1. The molecule has 0 aliphatic carbocycles. The molecular formula is C52H50F2N10O7. The lowest BCUT2D eigenvalue weighted by Crippen LogP contribution is -2.54. The van der Waals surface area contributed by atoms with Crippen LogP contribution in [0, 0.1) is 24.0 Å². The van der Waals surface area contributed by atoms with E-state index in [1.807, 2.05) is 0 Å². The summed E-state index contributed by atoms with van der Waals surface area (Å²) in [6, 6.07) is 12.2. The van der Waals surface area contributed by atoms with Gasteiger partial charge in [0.1, 0.15) is 42.1 Å². The molecule has 17 nitrogen and oxygen atoms in total. The number of piperidine rings is 1. The largest absolute Gasteiger partial charge is 0.461 e. The Labute approximate surface area is 406 Å². The molecule has 0 spiro atoms. The minimum absolute atomic E-state index is 0.00252. The molecule has 0 saturated carbocycles. The van der Waals surface area contributed by atoms with Gasteiger partial charge in [0.25, 0.3) is 11.8 Å². The number of nitrogens with zero attached hydrogens (tertiary/aromatic N) is 7. The van der Waals surface area contributed by atoms with Crippen molar-refractivity contribution in [2.75, 3.05) is 63.2 Å². The van der Waals surface area contributed by atoms with E-state index in [-0.39, 0.29) is 91.2 Å². The standard InChI is InChI=1S/C52H50F2N10O7/c1-4-33-37(53)14-11-29-7-5-8-34(41(29)33)44-43(54)45-36(22-56-44)46(62-24-30-12-13-31(25-62)57-30)60-50(59-45)71-27-52-18-17-32(63(52)23-28(2)21-52)26-70-51(69)61(3)20-19-55-38-10-6-9-35-42(38)49(68)64(48(35)67)39-15-16-40(65)58-47(39)66/h1,5-11,14,22,30-32,39,55,57H,2,12-13,15-21,23-27H2,3H3,(H,58,65,66)/t30-,31+,32-,39?,52-/m0/s1. The Hall–Kier alpha value is -7.56. The van der Waals surface area contributed by atoms with Gasteiger partial charge in [-0.1, -0.05) is 48.4 Å². The van der Waals surface area contributed by atoms with E-state index in [4.69, 9.17) is 25.9 Å². The molecule has 0 radical (unpaired) electrons. The van der Waals surface area contributed by atoms with E-state index in [0.29, 0.717) is 72.1 Å². The van der Waals surface area contributed by atoms with Crippen LogP contribution in [-0.2, 0) is 14.3 Å². The van der Waals surface area contributed by atoms with Crippen molar-refractivity contribution in [2.24, 2.45) is 0 Å². The Bertz CT molecular complexity index is 3150. The zero-order valence-corrected chi connectivity index (χ0v) is 38.9. The normalized spacial score (nSPS) is 23.8. The molecule has 2 aromatic heterocycles. The molecule has 8 heterocycles. The van der Waals surface area contributed by atoms with Gasteiger partial charge >= 0.3 is 12.1 Å². The maximum Gasteiger partial charge on any atom is 0.409 e. The number of fused-ring (bicyclic) bond motifs is 6. The van der Waals surface area contributed by atoms with Crippen LogP contribution in [0.2, 0.25) is 0 Å². The minimum Gasteiger partial charge on any atom is -0.461 e. The highest BCUT2D eigenvalue weighted by molar-refractivity contribution is 6.25. The van der Waals surface area contributed by atoms with Crippen molar-refractivity contribution in [3.05, 3.63) is 95.2 Å². The summed E-state index contributed by atoms with van der Waals surface area (Å²) in [7, 11) is 1.60. The van der Waals surface area contributed by atoms with E-state index >= 15 is 8.78 Å². The number of anilines is 2. The summed E-state index contributed by atoms with van der Waals surface area (Å²) in [5, 5.41) is 10.4. The Balaban J connectivity index is 0.774. The first-order valence-corrected chi connectivity index (χ1v) is 23.9. The van der Waals surface area contributed by atoms with E-state index in [0.717, 1.165) is 23.3 Å². The number of hydrogen-bond acceptors (Lipinski definition) is 14. The molecule has 2 bridgehead atoms. The third-order valence-corrected chi connectivity index (χ3v) is 14.9. The summed E-state index contributed by atoms with van der Waals surface area (Å²) in [6.07, 6.45) is 10.9. The number of aromatic nitrogens is 3. The number of imide groups is 2. The molecule has 5 atom stereocenters. The second-order valence-corrected chi connectivity index (χ2v) is 19.4. The molecule has 364 valence electrons. The molecular weight excluding hydrogens is 915 g/mol. The number of piperazine rings is 1. The summed E-state index contributed by atoms with van der Waals surface area (Å²) in [5.41, 5.74) is 1.48. The fourth-order valence-corrected chi connectivity index (χ4v) is 11.5. The average Bonchev–Trinajstić information content (AvgIpc) is 4.07. The molecule has 5 saturated heterocycles. The fraction of sp³-hybridized carbons (Fsp3) is 0.385. The summed E-state index contributed by atoms with van der Waals surface area (Å²) in [6.45, 7) is 6.87. The topological polar surface area (TPSA) is 192 Å². The highest BCUT2D eigenvalue weighted by atomic mass is 19.1. The number of halogens is 2. The van der Waals surface area contributed by atoms with Crippen LogP contribution >= 0.6 is 0 Å². The number of carbonyl (C=O) groups excluding carboxylic acids is 5. The van der Waals surface area contributed by atoms with Gasteiger partial charge in [0.15, 0.2) is 5.82 Å². The lowest BCUT2D eigenvalue weighted by atomic mass is 9.94. The van der Waals surface area contributed by atoms with Crippen molar-refractivity contribution >= 4 is 62.9 Å². The van der Waals surface area contributed by atoms with E-state index < -0.39 is 52.9 Å². The highest BCUT2D eigenvalue weighted by Gasteiger charge is 2.52. The molecule has 11 rings (SSSR count). The summed E-state index contributed by atoms with van der Waals surface area (Å²) < 4.78 is 44.7. The molecule has 1 unspecified atom stereocenters. The molecule has 5 aromatic rings. The number of rotatable bonds is 12. The van der Waals surface area contributed by atoms with Gasteiger partial charge in [-0.05, 0) is 62.1 Å². The Morgan fingerprint density at radius 2 is 1.80 bits per heavy atom. The van der Waals surface area contributed by atoms with Gasteiger partial charge in [-0.3, -0.25) is 39.3 Å². The second-order valence-electron chi connectivity index (χ2n) is 19.4. The van der Waals surface area contributed by atoms with Gasteiger partial charge in [0.05, 0.1) is 27.6 Å². The minimum atomic E-state index is -1.09. The first-order chi connectivity index (χ1) is 34.3. The lowest BCUT2D eigenvalue weighted by Gasteiger charge is -2.35. The molecule has 3 N–H and O–H groups in total. The van der Waals surface area contributed by atoms with Crippen LogP contribution in [0.1, 0.15) is 71.2 Å². The number of hydrogen-bond donors (Lipinski definition) is 3. The van der Waals surface area contributed by atoms with Gasteiger partial charge < -0.3 is 29.9 Å². The monoisotopic (exact) mass is 964 g/mol. The zero-order valence-electron chi connectivity index (χ0n) is 38.9. The van der Waals surface area contributed by atoms with Crippen molar-refractivity contribution in [2.45, 2.75) is 74.7 Å². The molecule has 6 aliphatic rings. The molecule has 5 amide bonds. The molecule has 5 fully saturated rings.